The van der Waals surface area contributed by atoms with E-state index in [1.54, 1.807) is 4.90 Å². The Kier molecular flexibility index (Phi) is 5.19. The summed E-state index contributed by atoms with van der Waals surface area (Å²) >= 11 is 0. The second-order valence-electron chi connectivity index (χ2n) is 6.74. The monoisotopic (exact) mass is 303 g/mol. The topological polar surface area (TPSA) is 76.0 Å². The van der Waals surface area contributed by atoms with Crippen LogP contribution >= 0.6 is 0 Å². The fourth-order valence-electron chi connectivity index (χ4n) is 3.11. The molecule has 0 saturated carbocycles. The van der Waals surface area contributed by atoms with Crippen molar-refractivity contribution >= 4 is 5.91 Å². The van der Waals surface area contributed by atoms with Crippen molar-refractivity contribution in [3.63, 3.8) is 0 Å². The molecule has 6 heteroatoms. The zero-order valence-corrected chi connectivity index (χ0v) is 13.7. The third kappa shape index (κ3) is 4.08. The number of hydrogen-bond acceptors (Lipinski definition) is 4. The number of nitrogens with one attached hydrogen (secondary N) is 1. The molecule has 0 aliphatic carbocycles. The van der Waals surface area contributed by atoms with Crippen LogP contribution in [0.25, 0.3) is 0 Å². The second kappa shape index (κ2) is 6.93. The maximum Gasteiger partial charge on any atom is 0.236 e. The van der Waals surface area contributed by atoms with Crippen LogP contribution in [0.4, 0.5) is 0 Å². The third-order valence-corrected chi connectivity index (χ3v) is 4.10. The van der Waals surface area contributed by atoms with E-state index in [0.717, 1.165) is 19.5 Å². The summed E-state index contributed by atoms with van der Waals surface area (Å²) in [6.07, 6.45) is 3.19. The predicted molar refractivity (Wildman–Crippen MR) is 83.8 cm³/mol. The van der Waals surface area contributed by atoms with Crippen LogP contribution in [0.1, 0.15) is 38.4 Å². The van der Waals surface area contributed by atoms with Gasteiger partial charge in [-0.05, 0) is 18.8 Å². The van der Waals surface area contributed by atoms with Crippen molar-refractivity contribution in [2.24, 2.45) is 5.41 Å². The Hall–Kier alpha value is -1.87. The smallest absolute Gasteiger partial charge is 0.236 e. The van der Waals surface area contributed by atoms with E-state index in [9.17, 15) is 4.79 Å². The van der Waals surface area contributed by atoms with Gasteiger partial charge in [0.25, 0.3) is 0 Å². The van der Waals surface area contributed by atoms with Crippen molar-refractivity contribution in [2.45, 2.75) is 40.2 Å². The molecule has 6 nitrogen and oxygen atoms in total. The summed E-state index contributed by atoms with van der Waals surface area (Å²) in [6.45, 7) is 9.56. The van der Waals surface area contributed by atoms with Crippen LogP contribution in [-0.2, 0) is 17.8 Å². The van der Waals surface area contributed by atoms with E-state index in [1.165, 1.54) is 11.3 Å². The Morgan fingerprint density at radius 3 is 3.05 bits per heavy atom. The number of nitriles is 1. The number of hydrogen-bond donors (Lipinski definition) is 1. The van der Waals surface area contributed by atoms with Gasteiger partial charge in [0.2, 0.25) is 5.91 Å². The molecule has 1 aliphatic heterocycles. The molecule has 0 unspecified atom stereocenters. The van der Waals surface area contributed by atoms with Gasteiger partial charge in [-0.2, -0.15) is 10.4 Å². The summed E-state index contributed by atoms with van der Waals surface area (Å²) < 4.78 is 0. The molecule has 120 valence electrons. The van der Waals surface area contributed by atoms with E-state index in [2.05, 4.69) is 35.0 Å². The Bertz CT molecular complexity index is 557. The van der Waals surface area contributed by atoms with E-state index in [4.69, 9.17) is 5.26 Å². The Morgan fingerprint density at radius 1 is 1.59 bits per heavy atom. The maximum atomic E-state index is 12.5. The first kappa shape index (κ1) is 16.5. The van der Waals surface area contributed by atoms with Gasteiger partial charge in [-0.25, -0.2) is 0 Å². The predicted octanol–water partition coefficient (Wildman–Crippen LogP) is 1.56. The van der Waals surface area contributed by atoms with Crippen LogP contribution < -0.4 is 0 Å². The maximum absolute atomic E-state index is 12.5. The number of aromatic nitrogens is 2. The van der Waals surface area contributed by atoms with Gasteiger partial charge in [-0.3, -0.25) is 14.8 Å². The second-order valence-corrected chi connectivity index (χ2v) is 6.74. The van der Waals surface area contributed by atoms with Crippen molar-refractivity contribution in [1.29, 1.82) is 5.26 Å². The van der Waals surface area contributed by atoms with Gasteiger partial charge in [0.05, 0.1) is 25.2 Å². The minimum absolute atomic E-state index is 0.0977. The highest BCUT2D eigenvalue weighted by molar-refractivity contribution is 5.78. The number of fused-ring (bicyclic) bond motifs is 1. The first-order valence-electron chi connectivity index (χ1n) is 7.83. The molecule has 1 aliphatic rings. The molecule has 0 atom stereocenters. The Balaban J connectivity index is 2.05. The number of rotatable bonds is 5. The average Bonchev–Trinajstić information content (AvgIpc) is 2.80. The van der Waals surface area contributed by atoms with Gasteiger partial charge in [0.1, 0.15) is 0 Å². The van der Waals surface area contributed by atoms with Crippen LogP contribution in [0.5, 0.6) is 0 Å². The molecule has 0 fully saturated rings. The van der Waals surface area contributed by atoms with Crippen LogP contribution in [0.2, 0.25) is 0 Å². The van der Waals surface area contributed by atoms with Gasteiger partial charge in [-0.1, -0.05) is 13.8 Å². The highest BCUT2D eigenvalue weighted by Crippen LogP contribution is 2.28. The van der Waals surface area contributed by atoms with Gasteiger partial charge >= 0.3 is 0 Å². The SMILES string of the molecule is CCN(CCC#N)C(=O)CN1Cc2cn[nH]c2CC(C)(C)C1. The number of aromatic amines is 1. The highest BCUT2D eigenvalue weighted by Gasteiger charge is 2.30. The van der Waals surface area contributed by atoms with Gasteiger partial charge in [0.15, 0.2) is 0 Å². The van der Waals surface area contributed by atoms with Crippen molar-refractivity contribution in [3.05, 3.63) is 17.5 Å². The molecule has 22 heavy (non-hydrogen) atoms. The number of carbonyl (C=O) groups is 1. The molecule has 1 amide bonds. The quantitative estimate of drug-likeness (QED) is 0.895. The van der Waals surface area contributed by atoms with Gasteiger partial charge in [0, 0.05) is 37.4 Å². The van der Waals surface area contributed by atoms with Crippen LogP contribution in [-0.4, -0.2) is 52.1 Å². The van der Waals surface area contributed by atoms with Crippen LogP contribution in [0, 0.1) is 16.7 Å². The summed E-state index contributed by atoms with van der Waals surface area (Å²) in [5.74, 6) is 0.0977. The molecule has 1 aromatic rings. The van der Waals surface area contributed by atoms with Gasteiger partial charge in [-0.15, -0.1) is 0 Å². The summed E-state index contributed by atoms with van der Waals surface area (Å²) in [5, 5.41) is 15.9. The summed E-state index contributed by atoms with van der Waals surface area (Å²) in [7, 11) is 0. The van der Waals surface area contributed by atoms with Crippen molar-refractivity contribution < 1.29 is 4.79 Å². The van der Waals surface area contributed by atoms with E-state index in [1.807, 2.05) is 13.1 Å². The molecule has 1 aromatic heterocycles. The number of H-pyrrole nitrogens is 1. The molecule has 0 spiro atoms. The van der Waals surface area contributed by atoms with E-state index in [-0.39, 0.29) is 11.3 Å². The first-order chi connectivity index (χ1) is 10.4. The summed E-state index contributed by atoms with van der Waals surface area (Å²) in [5.41, 5.74) is 2.46. The van der Waals surface area contributed by atoms with Crippen molar-refractivity contribution in [3.8, 4) is 6.07 Å². The highest BCUT2D eigenvalue weighted by atomic mass is 16.2. The third-order valence-electron chi connectivity index (χ3n) is 4.10. The number of amides is 1. The Morgan fingerprint density at radius 2 is 2.36 bits per heavy atom. The minimum Gasteiger partial charge on any atom is -0.341 e. The van der Waals surface area contributed by atoms with Crippen LogP contribution in [0.15, 0.2) is 6.20 Å². The number of likely N-dealkylation sites (N-methyl/N-ethyl adjacent to an activating group) is 1. The lowest BCUT2D eigenvalue weighted by Gasteiger charge is -2.30. The minimum atomic E-state index is 0.0977. The molecule has 0 aromatic carbocycles. The van der Waals surface area contributed by atoms with E-state index in [0.29, 0.717) is 26.1 Å². The molecule has 0 bridgehead atoms. The zero-order chi connectivity index (χ0) is 16.2. The fraction of sp³-hybridized carbons (Fsp3) is 0.688. The van der Waals surface area contributed by atoms with E-state index >= 15 is 0 Å². The fourth-order valence-corrected chi connectivity index (χ4v) is 3.11. The molecule has 2 rings (SSSR count). The number of carbonyl (C=O) groups excluding carboxylic acids is 1. The standard InChI is InChI=1S/C16H25N5O/c1-4-21(7-5-6-17)15(22)11-20-10-13-9-18-19-14(13)8-16(2,3)12-20/h9H,4-5,7-8,10-12H2,1-3H3,(H,18,19). The first-order valence-corrected chi connectivity index (χ1v) is 7.83. The van der Waals surface area contributed by atoms with Crippen LogP contribution in [0.3, 0.4) is 0 Å². The zero-order valence-electron chi connectivity index (χ0n) is 13.7. The Labute approximate surface area is 132 Å². The normalized spacial score (nSPS) is 17.4. The molecule has 0 radical (unpaired) electrons. The lowest BCUT2D eigenvalue weighted by atomic mass is 9.88. The molecular weight excluding hydrogens is 278 g/mol. The number of nitrogens with zero attached hydrogens (tertiary/aromatic N) is 4. The molecular formula is C16H25N5O. The molecule has 0 saturated heterocycles. The lowest BCUT2D eigenvalue weighted by molar-refractivity contribution is -0.132. The van der Waals surface area contributed by atoms with Crippen molar-refractivity contribution in [1.82, 2.24) is 20.0 Å². The van der Waals surface area contributed by atoms with E-state index < -0.39 is 0 Å². The average molecular weight is 303 g/mol. The largest absolute Gasteiger partial charge is 0.341 e. The summed E-state index contributed by atoms with van der Waals surface area (Å²) in [6, 6.07) is 2.10. The molecule has 2 heterocycles. The molecule has 1 N–H and O–H groups in total. The van der Waals surface area contributed by atoms with Gasteiger partial charge < -0.3 is 4.90 Å². The van der Waals surface area contributed by atoms with Crippen molar-refractivity contribution in [2.75, 3.05) is 26.2 Å². The summed E-state index contributed by atoms with van der Waals surface area (Å²) in [4.78, 5) is 16.4. The lowest BCUT2D eigenvalue weighted by Crippen LogP contribution is -2.43.